The third kappa shape index (κ3) is 6.66. The monoisotopic (exact) mass is 483 g/mol. The lowest BCUT2D eigenvalue weighted by atomic mass is 9.90. The van der Waals surface area contributed by atoms with Crippen LogP contribution in [-0.2, 0) is 4.79 Å². The van der Waals surface area contributed by atoms with Crippen LogP contribution in [0, 0.1) is 18.2 Å². The molecule has 0 spiro atoms. The van der Waals surface area contributed by atoms with Crippen LogP contribution in [0.1, 0.15) is 54.8 Å². The van der Waals surface area contributed by atoms with E-state index in [1.807, 2.05) is 39.8 Å². The van der Waals surface area contributed by atoms with Gasteiger partial charge in [-0.15, -0.1) is 0 Å². The number of hydrogen-bond acceptors (Lipinski definition) is 5. The number of aryl methyl sites for hydroxylation is 1. The standard InChI is InChI=1S/C26H30FN3O5/c1-16-8-5-6-11-19(16)20(14-24(32)33)28-25(34)21-13-23(35-15-22(31)26(2,3)4)30(29-21)18-10-7-9-17(27)12-18/h5-13,20,22,31H,14-15H2,1-4H3,(H,28,34)(H,32,33). The minimum atomic E-state index is -1.07. The summed E-state index contributed by atoms with van der Waals surface area (Å²) in [4.78, 5) is 24.6. The summed E-state index contributed by atoms with van der Waals surface area (Å²) in [6.45, 7) is 7.34. The normalized spacial score (nSPS) is 13.2. The molecule has 0 bridgehead atoms. The number of aliphatic hydroxyl groups excluding tert-OH is 1. The van der Waals surface area contributed by atoms with Gasteiger partial charge in [0.25, 0.3) is 5.91 Å². The predicted octanol–water partition coefficient (Wildman–Crippen LogP) is 4.05. The van der Waals surface area contributed by atoms with Gasteiger partial charge in [-0.05, 0) is 41.7 Å². The number of carboxylic acid groups (broad SMARTS) is 1. The molecule has 0 saturated carbocycles. The lowest BCUT2D eigenvalue weighted by molar-refractivity contribution is -0.137. The summed E-state index contributed by atoms with van der Waals surface area (Å²) in [6.07, 6.45) is -1.13. The van der Waals surface area contributed by atoms with Gasteiger partial charge in [-0.2, -0.15) is 5.10 Å². The molecule has 2 aromatic carbocycles. The number of nitrogens with one attached hydrogen (secondary N) is 1. The first-order valence-electron chi connectivity index (χ1n) is 11.2. The zero-order valence-electron chi connectivity index (χ0n) is 20.2. The van der Waals surface area contributed by atoms with E-state index in [2.05, 4.69) is 10.4 Å². The summed E-state index contributed by atoms with van der Waals surface area (Å²) in [5.41, 5.74) is 1.35. The van der Waals surface area contributed by atoms with Crippen molar-refractivity contribution in [2.45, 2.75) is 46.3 Å². The van der Waals surface area contributed by atoms with E-state index in [0.29, 0.717) is 11.3 Å². The number of aliphatic hydroxyl groups is 1. The Bertz CT molecular complexity index is 1200. The molecule has 0 aliphatic rings. The third-order valence-electron chi connectivity index (χ3n) is 5.60. The Hall–Kier alpha value is -3.72. The minimum Gasteiger partial charge on any atom is -0.481 e. The summed E-state index contributed by atoms with van der Waals surface area (Å²) >= 11 is 0. The van der Waals surface area contributed by atoms with Crippen LogP contribution >= 0.6 is 0 Å². The van der Waals surface area contributed by atoms with E-state index < -0.39 is 35.3 Å². The minimum absolute atomic E-state index is 0.0431. The molecule has 2 unspecified atom stereocenters. The summed E-state index contributed by atoms with van der Waals surface area (Å²) < 4.78 is 20.9. The highest BCUT2D eigenvalue weighted by molar-refractivity contribution is 5.93. The number of ether oxygens (including phenoxy) is 1. The third-order valence-corrected chi connectivity index (χ3v) is 5.60. The first kappa shape index (κ1) is 25.9. The fourth-order valence-electron chi connectivity index (χ4n) is 3.41. The highest BCUT2D eigenvalue weighted by Crippen LogP contribution is 2.25. The van der Waals surface area contributed by atoms with Crippen molar-refractivity contribution in [3.05, 3.63) is 77.2 Å². The van der Waals surface area contributed by atoms with Crippen molar-refractivity contribution in [3.63, 3.8) is 0 Å². The molecule has 0 saturated heterocycles. The van der Waals surface area contributed by atoms with Crippen LogP contribution in [0.3, 0.4) is 0 Å². The predicted molar refractivity (Wildman–Crippen MR) is 128 cm³/mol. The van der Waals surface area contributed by atoms with Crippen molar-refractivity contribution in [1.82, 2.24) is 15.1 Å². The summed E-state index contributed by atoms with van der Waals surface area (Å²) in [6, 6.07) is 13.4. The van der Waals surface area contributed by atoms with Gasteiger partial charge >= 0.3 is 5.97 Å². The van der Waals surface area contributed by atoms with Crippen LogP contribution < -0.4 is 10.1 Å². The van der Waals surface area contributed by atoms with E-state index in [1.54, 1.807) is 18.2 Å². The number of amides is 1. The van der Waals surface area contributed by atoms with E-state index in [0.717, 1.165) is 5.56 Å². The molecule has 1 amide bonds. The van der Waals surface area contributed by atoms with Gasteiger partial charge in [0.15, 0.2) is 5.69 Å². The quantitative estimate of drug-likeness (QED) is 0.423. The zero-order valence-corrected chi connectivity index (χ0v) is 20.2. The van der Waals surface area contributed by atoms with Crippen molar-refractivity contribution in [2.24, 2.45) is 5.41 Å². The van der Waals surface area contributed by atoms with Gasteiger partial charge in [-0.3, -0.25) is 9.59 Å². The molecule has 1 heterocycles. The number of carbonyl (C=O) groups is 2. The molecular weight excluding hydrogens is 453 g/mol. The highest BCUT2D eigenvalue weighted by Gasteiger charge is 2.26. The van der Waals surface area contributed by atoms with E-state index in [9.17, 15) is 24.2 Å². The largest absolute Gasteiger partial charge is 0.481 e. The van der Waals surface area contributed by atoms with Crippen LogP contribution in [0.5, 0.6) is 5.88 Å². The maximum absolute atomic E-state index is 13.9. The number of hydrogen-bond donors (Lipinski definition) is 3. The molecule has 3 rings (SSSR count). The van der Waals surface area contributed by atoms with Gasteiger partial charge < -0.3 is 20.3 Å². The maximum atomic E-state index is 13.9. The SMILES string of the molecule is Cc1ccccc1C(CC(=O)O)NC(=O)c1cc(OCC(O)C(C)(C)C)n(-c2cccc(F)c2)n1. The lowest BCUT2D eigenvalue weighted by Gasteiger charge is -2.25. The van der Waals surface area contributed by atoms with E-state index in [-0.39, 0.29) is 24.6 Å². The maximum Gasteiger partial charge on any atom is 0.305 e. The number of nitrogens with zero attached hydrogens (tertiary/aromatic N) is 2. The molecule has 0 radical (unpaired) electrons. The number of carboxylic acids is 1. The summed E-state index contributed by atoms with van der Waals surface area (Å²) in [5, 5.41) is 26.8. The lowest BCUT2D eigenvalue weighted by Crippen LogP contribution is -2.32. The number of benzene rings is 2. The van der Waals surface area contributed by atoms with Gasteiger partial charge in [0.2, 0.25) is 5.88 Å². The van der Waals surface area contributed by atoms with Crippen molar-refractivity contribution in [2.75, 3.05) is 6.61 Å². The van der Waals surface area contributed by atoms with E-state index >= 15 is 0 Å². The smallest absolute Gasteiger partial charge is 0.305 e. The van der Waals surface area contributed by atoms with Crippen molar-refractivity contribution in [1.29, 1.82) is 0 Å². The second-order valence-electron chi connectivity index (χ2n) is 9.43. The molecule has 35 heavy (non-hydrogen) atoms. The van der Waals surface area contributed by atoms with Crippen LogP contribution in [0.25, 0.3) is 5.69 Å². The van der Waals surface area contributed by atoms with Crippen molar-refractivity contribution < 1.29 is 28.9 Å². The first-order valence-corrected chi connectivity index (χ1v) is 11.2. The average molecular weight is 484 g/mol. The van der Waals surface area contributed by atoms with Gasteiger partial charge in [0, 0.05) is 6.07 Å². The molecule has 0 fully saturated rings. The molecule has 3 aromatic rings. The number of aromatic nitrogens is 2. The molecule has 8 nitrogen and oxygen atoms in total. The molecule has 3 N–H and O–H groups in total. The van der Waals surface area contributed by atoms with E-state index in [1.165, 1.54) is 28.9 Å². The fourth-order valence-corrected chi connectivity index (χ4v) is 3.41. The van der Waals surface area contributed by atoms with Gasteiger partial charge in [-0.1, -0.05) is 51.1 Å². The second-order valence-corrected chi connectivity index (χ2v) is 9.43. The van der Waals surface area contributed by atoms with Gasteiger partial charge in [-0.25, -0.2) is 9.07 Å². The number of rotatable bonds is 9. The molecule has 1 aromatic heterocycles. The van der Waals surface area contributed by atoms with Crippen LogP contribution in [0.2, 0.25) is 0 Å². The van der Waals surface area contributed by atoms with Crippen LogP contribution in [0.4, 0.5) is 4.39 Å². The Kier molecular flexibility index (Phi) is 7.91. The van der Waals surface area contributed by atoms with Gasteiger partial charge in [0.1, 0.15) is 12.4 Å². The number of halogens is 1. The summed E-state index contributed by atoms with van der Waals surface area (Å²) in [5.74, 6) is -2.04. The number of carbonyl (C=O) groups excluding carboxylic acids is 1. The first-order chi connectivity index (χ1) is 16.5. The van der Waals surface area contributed by atoms with Crippen LogP contribution in [-0.4, -0.2) is 44.6 Å². The van der Waals surface area contributed by atoms with Crippen molar-refractivity contribution >= 4 is 11.9 Å². The van der Waals surface area contributed by atoms with Gasteiger partial charge in [0.05, 0.1) is 24.3 Å². The Labute approximate surface area is 203 Å². The Morgan fingerprint density at radius 3 is 2.49 bits per heavy atom. The Balaban J connectivity index is 1.93. The molecule has 9 heteroatoms. The molecule has 0 aliphatic carbocycles. The molecule has 2 atom stereocenters. The molecular formula is C26H30FN3O5. The summed E-state index contributed by atoms with van der Waals surface area (Å²) in [7, 11) is 0. The van der Waals surface area contributed by atoms with Crippen molar-refractivity contribution in [3.8, 4) is 11.6 Å². The van der Waals surface area contributed by atoms with Crippen LogP contribution in [0.15, 0.2) is 54.6 Å². The topological polar surface area (TPSA) is 114 Å². The second kappa shape index (κ2) is 10.7. The molecule has 0 aliphatic heterocycles. The zero-order chi connectivity index (χ0) is 25.8. The number of aliphatic carboxylic acids is 1. The average Bonchev–Trinajstić information content (AvgIpc) is 3.21. The fraction of sp³-hybridized carbons (Fsp3) is 0.346. The Morgan fingerprint density at radius 2 is 1.86 bits per heavy atom. The Morgan fingerprint density at radius 1 is 1.14 bits per heavy atom. The van der Waals surface area contributed by atoms with E-state index in [4.69, 9.17) is 4.74 Å². The molecule has 186 valence electrons. The highest BCUT2D eigenvalue weighted by atomic mass is 19.1.